The van der Waals surface area contributed by atoms with Crippen LogP contribution in [-0.2, 0) is 4.74 Å². The summed E-state index contributed by atoms with van der Waals surface area (Å²) in [6.45, 7) is 5.17. The molecule has 0 aromatic heterocycles. The maximum Gasteiger partial charge on any atom is 0.412 e. The SMILES string of the molecule is CC(C)(C)OC(=O)Nc1cc(Br)ccc1C(=O)CN. The second-order valence-electron chi connectivity index (χ2n) is 4.94. The van der Waals surface area contributed by atoms with Gasteiger partial charge in [-0.1, -0.05) is 15.9 Å². The second kappa shape index (κ2) is 6.16. The summed E-state index contributed by atoms with van der Waals surface area (Å²) < 4.78 is 5.88. The van der Waals surface area contributed by atoms with E-state index in [0.29, 0.717) is 11.3 Å². The van der Waals surface area contributed by atoms with E-state index in [-0.39, 0.29) is 12.3 Å². The number of hydrogen-bond acceptors (Lipinski definition) is 4. The molecule has 0 aliphatic carbocycles. The Balaban J connectivity index is 2.96. The first-order valence-electron chi connectivity index (χ1n) is 5.76. The highest BCUT2D eigenvalue weighted by molar-refractivity contribution is 9.10. The zero-order chi connectivity index (χ0) is 14.6. The Morgan fingerprint density at radius 2 is 2.00 bits per heavy atom. The average molecular weight is 329 g/mol. The van der Waals surface area contributed by atoms with Crippen molar-refractivity contribution in [1.29, 1.82) is 0 Å². The van der Waals surface area contributed by atoms with Crippen LogP contribution in [-0.4, -0.2) is 24.0 Å². The lowest BCUT2D eigenvalue weighted by atomic mass is 10.1. The molecule has 0 atom stereocenters. The van der Waals surface area contributed by atoms with Crippen molar-refractivity contribution >= 4 is 33.5 Å². The minimum atomic E-state index is -0.614. The first-order valence-corrected chi connectivity index (χ1v) is 6.55. The van der Waals surface area contributed by atoms with Crippen LogP contribution in [0.5, 0.6) is 0 Å². The Bertz CT molecular complexity index is 495. The molecular formula is C13H17BrN2O3. The van der Waals surface area contributed by atoms with Gasteiger partial charge in [-0.3, -0.25) is 10.1 Å². The summed E-state index contributed by atoms with van der Waals surface area (Å²) in [5.41, 5.74) is 5.47. The van der Waals surface area contributed by atoms with Crippen molar-refractivity contribution in [1.82, 2.24) is 0 Å². The number of rotatable bonds is 3. The summed E-state index contributed by atoms with van der Waals surface area (Å²) in [5.74, 6) is -0.251. The van der Waals surface area contributed by atoms with E-state index in [9.17, 15) is 9.59 Å². The Kier molecular flexibility index (Phi) is 5.08. The number of amides is 1. The molecule has 0 aliphatic heterocycles. The molecule has 3 N–H and O–H groups in total. The van der Waals surface area contributed by atoms with E-state index in [1.54, 1.807) is 39.0 Å². The van der Waals surface area contributed by atoms with Crippen molar-refractivity contribution < 1.29 is 14.3 Å². The quantitative estimate of drug-likeness (QED) is 0.836. The minimum Gasteiger partial charge on any atom is -0.444 e. The predicted octanol–water partition coefficient (Wildman–Crippen LogP) is 2.94. The normalized spacial score (nSPS) is 11.0. The molecule has 0 saturated heterocycles. The first-order chi connectivity index (χ1) is 8.73. The molecule has 0 fully saturated rings. The monoisotopic (exact) mass is 328 g/mol. The smallest absolute Gasteiger partial charge is 0.412 e. The van der Waals surface area contributed by atoms with Gasteiger partial charge in [0.05, 0.1) is 12.2 Å². The van der Waals surface area contributed by atoms with Crippen LogP contribution < -0.4 is 11.1 Å². The van der Waals surface area contributed by atoms with Crippen LogP contribution in [0.2, 0.25) is 0 Å². The summed E-state index contributed by atoms with van der Waals surface area (Å²) in [6.07, 6.45) is -0.614. The Morgan fingerprint density at radius 3 is 2.53 bits per heavy atom. The van der Waals surface area contributed by atoms with E-state index in [1.165, 1.54) is 0 Å². The highest BCUT2D eigenvalue weighted by atomic mass is 79.9. The fraction of sp³-hybridized carbons (Fsp3) is 0.385. The van der Waals surface area contributed by atoms with E-state index in [1.807, 2.05) is 0 Å². The topological polar surface area (TPSA) is 81.4 Å². The highest BCUT2D eigenvalue weighted by Gasteiger charge is 2.18. The van der Waals surface area contributed by atoms with E-state index >= 15 is 0 Å². The van der Waals surface area contributed by atoms with Gasteiger partial charge >= 0.3 is 6.09 Å². The molecule has 19 heavy (non-hydrogen) atoms. The van der Waals surface area contributed by atoms with Gasteiger partial charge in [-0.05, 0) is 39.0 Å². The van der Waals surface area contributed by atoms with Gasteiger partial charge in [0.1, 0.15) is 5.60 Å². The molecule has 0 radical (unpaired) electrons. The third-order valence-electron chi connectivity index (χ3n) is 2.10. The lowest BCUT2D eigenvalue weighted by molar-refractivity contribution is 0.0636. The predicted molar refractivity (Wildman–Crippen MR) is 77.4 cm³/mol. The summed E-state index contributed by atoms with van der Waals surface area (Å²) in [4.78, 5) is 23.4. The lowest BCUT2D eigenvalue weighted by Gasteiger charge is -2.20. The molecule has 0 aliphatic rings. The first kappa shape index (κ1) is 15.7. The van der Waals surface area contributed by atoms with Crippen molar-refractivity contribution in [2.24, 2.45) is 5.73 Å². The van der Waals surface area contributed by atoms with Crippen LogP contribution in [0.3, 0.4) is 0 Å². The number of nitrogens with two attached hydrogens (primary N) is 1. The van der Waals surface area contributed by atoms with Gasteiger partial charge in [0.2, 0.25) is 0 Å². The number of Topliss-reactive ketones (excluding diaryl/α,β-unsaturated/α-hetero) is 1. The molecule has 5 nitrogen and oxygen atoms in total. The summed E-state index contributed by atoms with van der Waals surface area (Å²) >= 11 is 3.28. The van der Waals surface area contributed by atoms with E-state index < -0.39 is 11.7 Å². The van der Waals surface area contributed by atoms with Crippen molar-refractivity contribution in [3.63, 3.8) is 0 Å². The fourth-order valence-electron chi connectivity index (χ4n) is 1.39. The number of anilines is 1. The van der Waals surface area contributed by atoms with Crippen molar-refractivity contribution in [3.05, 3.63) is 28.2 Å². The maximum atomic E-state index is 11.7. The molecule has 0 heterocycles. The number of nitrogens with one attached hydrogen (secondary N) is 1. The molecule has 0 spiro atoms. The molecule has 0 unspecified atom stereocenters. The van der Waals surface area contributed by atoms with Crippen LogP contribution in [0.4, 0.5) is 10.5 Å². The van der Waals surface area contributed by atoms with E-state index in [2.05, 4.69) is 21.2 Å². The molecule has 104 valence electrons. The molecule has 1 aromatic rings. The minimum absolute atomic E-state index is 0.120. The lowest BCUT2D eigenvalue weighted by Crippen LogP contribution is -2.28. The van der Waals surface area contributed by atoms with Gasteiger partial charge in [-0.2, -0.15) is 0 Å². The van der Waals surface area contributed by atoms with Gasteiger partial charge in [-0.15, -0.1) is 0 Å². The number of hydrogen-bond donors (Lipinski definition) is 2. The molecule has 1 aromatic carbocycles. The van der Waals surface area contributed by atoms with E-state index in [0.717, 1.165) is 4.47 Å². The van der Waals surface area contributed by atoms with Gasteiger partial charge in [0.25, 0.3) is 0 Å². The molecule has 0 bridgehead atoms. The Morgan fingerprint density at radius 1 is 1.37 bits per heavy atom. The molecule has 6 heteroatoms. The number of benzene rings is 1. The second-order valence-corrected chi connectivity index (χ2v) is 5.86. The van der Waals surface area contributed by atoms with Crippen molar-refractivity contribution in [3.8, 4) is 0 Å². The van der Waals surface area contributed by atoms with Gasteiger partial charge in [0, 0.05) is 10.0 Å². The number of carbonyl (C=O) groups is 2. The maximum absolute atomic E-state index is 11.7. The fourth-order valence-corrected chi connectivity index (χ4v) is 1.75. The molecule has 0 saturated carbocycles. The number of halogens is 1. The Labute approximate surface area is 120 Å². The van der Waals surface area contributed by atoms with Gasteiger partial charge in [-0.25, -0.2) is 4.79 Å². The number of carbonyl (C=O) groups excluding carboxylic acids is 2. The van der Waals surface area contributed by atoms with E-state index in [4.69, 9.17) is 10.5 Å². The van der Waals surface area contributed by atoms with Crippen LogP contribution in [0.15, 0.2) is 22.7 Å². The third-order valence-corrected chi connectivity index (χ3v) is 2.60. The van der Waals surface area contributed by atoms with Gasteiger partial charge < -0.3 is 10.5 Å². The van der Waals surface area contributed by atoms with Crippen molar-refractivity contribution in [2.75, 3.05) is 11.9 Å². The van der Waals surface area contributed by atoms with Crippen LogP contribution in [0, 0.1) is 0 Å². The molecule has 1 rings (SSSR count). The van der Waals surface area contributed by atoms with Gasteiger partial charge in [0.15, 0.2) is 5.78 Å². The zero-order valence-electron chi connectivity index (χ0n) is 11.1. The highest BCUT2D eigenvalue weighted by Crippen LogP contribution is 2.22. The van der Waals surface area contributed by atoms with Crippen LogP contribution >= 0.6 is 15.9 Å². The van der Waals surface area contributed by atoms with Crippen molar-refractivity contribution in [2.45, 2.75) is 26.4 Å². The van der Waals surface area contributed by atoms with Crippen LogP contribution in [0.1, 0.15) is 31.1 Å². The zero-order valence-corrected chi connectivity index (χ0v) is 12.7. The largest absolute Gasteiger partial charge is 0.444 e. The Hall–Kier alpha value is -1.40. The summed E-state index contributed by atoms with van der Waals surface area (Å²) in [7, 11) is 0. The summed E-state index contributed by atoms with van der Waals surface area (Å²) in [5, 5.41) is 2.56. The standard InChI is InChI=1S/C13H17BrN2O3/c1-13(2,3)19-12(18)16-10-6-8(14)4-5-9(10)11(17)7-15/h4-6H,7,15H2,1-3H3,(H,16,18). The molecular weight excluding hydrogens is 312 g/mol. The van der Waals surface area contributed by atoms with Crippen LogP contribution in [0.25, 0.3) is 0 Å². The number of ether oxygens (including phenoxy) is 1. The summed E-state index contributed by atoms with van der Waals surface area (Å²) in [6, 6.07) is 4.95. The molecule has 1 amide bonds. The number of ketones is 1. The third kappa shape index (κ3) is 5.00. The average Bonchev–Trinajstić information content (AvgIpc) is 2.25.